The molecule has 0 radical (unpaired) electrons. The third-order valence-corrected chi connectivity index (χ3v) is 4.48. The number of hydrogen-bond donors (Lipinski definition) is 1. The Morgan fingerprint density at radius 1 is 1.35 bits per heavy atom. The van der Waals surface area contributed by atoms with Crippen LogP contribution in [0.5, 0.6) is 0 Å². The summed E-state index contributed by atoms with van der Waals surface area (Å²) in [6.45, 7) is 6.09. The average molecular weight is 297 g/mol. The van der Waals surface area contributed by atoms with Gasteiger partial charge < -0.3 is 5.32 Å². The molecule has 5 nitrogen and oxygen atoms in total. The van der Waals surface area contributed by atoms with Gasteiger partial charge >= 0.3 is 0 Å². The molecule has 0 aromatic carbocycles. The summed E-state index contributed by atoms with van der Waals surface area (Å²) in [6, 6.07) is 0. The Bertz CT molecular complexity index is 584. The van der Waals surface area contributed by atoms with E-state index in [0.717, 1.165) is 43.7 Å². The topological polar surface area (TPSA) is 72.0 Å². The van der Waals surface area contributed by atoms with Crippen LogP contribution in [0.3, 0.4) is 0 Å². The van der Waals surface area contributed by atoms with Crippen LogP contribution in [-0.2, 0) is 28.4 Å². The van der Waals surface area contributed by atoms with Crippen molar-refractivity contribution >= 4 is 9.84 Å². The van der Waals surface area contributed by atoms with E-state index in [1.54, 1.807) is 0 Å². The molecule has 1 atom stereocenters. The lowest BCUT2D eigenvalue weighted by atomic mass is 9.86. The quantitative estimate of drug-likeness (QED) is 0.879. The van der Waals surface area contributed by atoms with Crippen LogP contribution in [0, 0.1) is 12.8 Å². The number of hydrogen-bond acceptors (Lipinski definition) is 5. The minimum Gasteiger partial charge on any atom is -0.317 e. The molecule has 1 aliphatic carbocycles. The Morgan fingerprint density at radius 2 is 2.10 bits per heavy atom. The summed E-state index contributed by atoms with van der Waals surface area (Å²) in [7, 11) is -3.08. The van der Waals surface area contributed by atoms with Gasteiger partial charge in [0.15, 0.2) is 9.84 Å². The van der Waals surface area contributed by atoms with E-state index in [4.69, 9.17) is 0 Å². The van der Waals surface area contributed by atoms with Crippen molar-refractivity contribution in [3.05, 3.63) is 22.8 Å². The molecule has 1 aromatic heterocycles. The number of nitrogens with zero attached hydrogens (tertiary/aromatic N) is 2. The molecule has 0 spiro atoms. The first-order valence-electron chi connectivity index (χ1n) is 7.12. The van der Waals surface area contributed by atoms with Crippen molar-refractivity contribution in [2.24, 2.45) is 5.92 Å². The van der Waals surface area contributed by atoms with Crippen molar-refractivity contribution in [3.8, 4) is 0 Å². The highest BCUT2D eigenvalue weighted by atomic mass is 32.2. The molecule has 0 amide bonds. The van der Waals surface area contributed by atoms with Gasteiger partial charge in [-0.2, -0.15) is 0 Å². The van der Waals surface area contributed by atoms with Crippen molar-refractivity contribution in [2.75, 3.05) is 19.3 Å². The fraction of sp³-hybridized carbons (Fsp3) is 0.714. The Labute approximate surface area is 121 Å². The summed E-state index contributed by atoms with van der Waals surface area (Å²) in [4.78, 5) is 8.84. The van der Waals surface area contributed by atoms with Gasteiger partial charge in [0, 0.05) is 17.6 Å². The van der Waals surface area contributed by atoms with Crippen LogP contribution in [0.4, 0.5) is 0 Å². The van der Waals surface area contributed by atoms with Crippen LogP contribution >= 0.6 is 0 Å². The van der Waals surface area contributed by atoms with Crippen LogP contribution in [0.25, 0.3) is 0 Å². The van der Waals surface area contributed by atoms with E-state index in [1.807, 2.05) is 6.92 Å². The summed E-state index contributed by atoms with van der Waals surface area (Å²) in [5.74, 6) is 1.00. The van der Waals surface area contributed by atoms with E-state index in [0.29, 0.717) is 11.7 Å². The summed E-state index contributed by atoms with van der Waals surface area (Å²) >= 11 is 0. The molecular weight excluding hydrogens is 274 g/mol. The van der Waals surface area contributed by atoms with E-state index in [1.165, 1.54) is 11.8 Å². The van der Waals surface area contributed by atoms with Gasteiger partial charge in [0.25, 0.3) is 0 Å². The van der Waals surface area contributed by atoms with Crippen LogP contribution in [0.2, 0.25) is 0 Å². The lowest BCUT2D eigenvalue weighted by molar-refractivity contribution is 0.422. The highest BCUT2D eigenvalue weighted by Crippen LogP contribution is 2.26. The van der Waals surface area contributed by atoms with Gasteiger partial charge in [-0.3, -0.25) is 0 Å². The summed E-state index contributed by atoms with van der Waals surface area (Å²) in [6.07, 6.45) is 4.24. The second kappa shape index (κ2) is 6.18. The van der Waals surface area contributed by atoms with Crippen LogP contribution in [0.1, 0.15) is 36.1 Å². The number of aryl methyl sites for hydroxylation is 2. The molecule has 0 saturated heterocycles. The van der Waals surface area contributed by atoms with Crippen LogP contribution < -0.4 is 5.32 Å². The van der Waals surface area contributed by atoms with Gasteiger partial charge in [0.1, 0.15) is 11.6 Å². The Hall–Kier alpha value is -1.01. The fourth-order valence-electron chi connectivity index (χ4n) is 2.74. The van der Waals surface area contributed by atoms with E-state index < -0.39 is 9.84 Å². The molecule has 1 aromatic rings. The molecule has 0 aliphatic heterocycles. The second-order valence-electron chi connectivity index (χ2n) is 5.64. The molecule has 1 heterocycles. The zero-order valence-electron chi connectivity index (χ0n) is 12.4. The monoisotopic (exact) mass is 297 g/mol. The minimum absolute atomic E-state index is 0.0675. The van der Waals surface area contributed by atoms with Crippen LogP contribution in [-0.4, -0.2) is 37.7 Å². The first-order valence-corrected chi connectivity index (χ1v) is 9.18. The van der Waals surface area contributed by atoms with Gasteiger partial charge in [-0.05, 0) is 50.8 Å². The third kappa shape index (κ3) is 3.99. The predicted octanol–water partition coefficient (Wildman–Crippen LogP) is 1.04. The predicted molar refractivity (Wildman–Crippen MR) is 79.4 cm³/mol. The minimum atomic E-state index is -3.08. The molecule has 0 fully saturated rings. The lowest BCUT2D eigenvalue weighted by Gasteiger charge is -2.25. The molecule has 1 N–H and O–H groups in total. The molecule has 2 rings (SSSR count). The number of sulfone groups is 1. The van der Waals surface area contributed by atoms with Gasteiger partial charge in [-0.15, -0.1) is 0 Å². The normalized spacial score (nSPS) is 18.9. The average Bonchev–Trinajstić information content (AvgIpc) is 2.34. The van der Waals surface area contributed by atoms with Crippen molar-refractivity contribution in [1.29, 1.82) is 0 Å². The van der Waals surface area contributed by atoms with E-state index in [2.05, 4.69) is 22.2 Å². The zero-order valence-corrected chi connectivity index (χ0v) is 13.3. The first kappa shape index (κ1) is 15.4. The second-order valence-corrected chi connectivity index (χ2v) is 7.78. The van der Waals surface area contributed by atoms with Crippen molar-refractivity contribution in [3.63, 3.8) is 0 Å². The number of aromatic nitrogens is 2. The summed E-state index contributed by atoms with van der Waals surface area (Å²) < 4.78 is 22.7. The largest absolute Gasteiger partial charge is 0.317 e. The Kier molecular flexibility index (Phi) is 4.75. The van der Waals surface area contributed by atoms with E-state index >= 15 is 0 Å². The lowest BCUT2D eigenvalue weighted by Crippen LogP contribution is -2.28. The maximum atomic E-state index is 11.4. The SMILES string of the molecule is CCNCC1CCc2nc(CS(C)(=O)=O)nc(C)c2C1. The van der Waals surface area contributed by atoms with E-state index in [9.17, 15) is 8.42 Å². The van der Waals surface area contributed by atoms with Gasteiger partial charge in [0.05, 0.1) is 0 Å². The van der Waals surface area contributed by atoms with Crippen LogP contribution in [0.15, 0.2) is 0 Å². The number of nitrogens with one attached hydrogen (secondary N) is 1. The Morgan fingerprint density at radius 3 is 2.75 bits per heavy atom. The third-order valence-electron chi connectivity index (χ3n) is 3.70. The standard InChI is InChI=1S/C14H23N3O2S/c1-4-15-8-11-5-6-13-12(7-11)10(2)16-14(17-13)9-20(3,18)19/h11,15H,4-9H2,1-3H3. The maximum absolute atomic E-state index is 11.4. The van der Waals surface area contributed by atoms with Gasteiger partial charge in [0.2, 0.25) is 0 Å². The molecule has 112 valence electrons. The smallest absolute Gasteiger partial charge is 0.154 e. The number of fused-ring (bicyclic) bond motifs is 1. The molecule has 1 aliphatic rings. The maximum Gasteiger partial charge on any atom is 0.154 e. The molecule has 0 saturated carbocycles. The molecule has 1 unspecified atom stereocenters. The number of rotatable bonds is 5. The Balaban J connectivity index is 2.19. The highest BCUT2D eigenvalue weighted by molar-refractivity contribution is 7.89. The zero-order chi connectivity index (χ0) is 14.8. The first-order chi connectivity index (χ1) is 9.39. The van der Waals surface area contributed by atoms with Gasteiger partial charge in [-0.25, -0.2) is 18.4 Å². The highest BCUT2D eigenvalue weighted by Gasteiger charge is 2.23. The fourth-order valence-corrected chi connectivity index (χ4v) is 3.34. The van der Waals surface area contributed by atoms with Crippen molar-refractivity contribution < 1.29 is 8.42 Å². The summed E-state index contributed by atoms with van der Waals surface area (Å²) in [5, 5.41) is 3.39. The molecule has 6 heteroatoms. The molecular formula is C14H23N3O2S. The molecule has 20 heavy (non-hydrogen) atoms. The van der Waals surface area contributed by atoms with E-state index in [-0.39, 0.29) is 5.75 Å². The van der Waals surface area contributed by atoms with Gasteiger partial charge in [-0.1, -0.05) is 6.92 Å². The molecule has 0 bridgehead atoms. The summed E-state index contributed by atoms with van der Waals surface area (Å²) in [5.41, 5.74) is 3.20. The van der Waals surface area contributed by atoms with Crippen molar-refractivity contribution in [1.82, 2.24) is 15.3 Å². The van der Waals surface area contributed by atoms with Crippen molar-refractivity contribution in [2.45, 2.75) is 38.9 Å².